The summed E-state index contributed by atoms with van der Waals surface area (Å²) >= 11 is 0. The minimum absolute atomic E-state index is 0.0232. The normalized spacial score (nSPS) is 17.0. The Morgan fingerprint density at radius 2 is 2.20 bits per heavy atom. The van der Waals surface area contributed by atoms with Crippen LogP contribution in [0.5, 0.6) is 5.75 Å². The molecular weight excluding hydrogens is 318 g/mol. The first-order chi connectivity index (χ1) is 12.0. The third-order valence-corrected chi connectivity index (χ3v) is 4.54. The molecule has 1 atom stereocenters. The molecule has 1 aliphatic heterocycles. The fraction of sp³-hybridized carbons (Fsp3) is 0.474. The number of phenols is 1. The fourth-order valence-corrected chi connectivity index (χ4v) is 3.20. The van der Waals surface area contributed by atoms with E-state index in [9.17, 15) is 9.90 Å². The van der Waals surface area contributed by atoms with Crippen molar-refractivity contribution in [3.63, 3.8) is 0 Å². The lowest BCUT2D eigenvalue weighted by molar-refractivity contribution is -0.134. The quantitative estimate of drug-likeness (QED) is 0.875. The van der Waals surface area contributed by atoms with Gasteiger partial charge in [0.1, 0.15) is 12.3 Å². The Labute approximate surface area is 148 Å². The van der Waals surface area contributed by atoms with Gasteiger partial charge < -0.3 is 14.7 Å². The number of phenolic OH excluding ortho intramolecular Hbond substituents is 1. The maximum absolute atomic E-state index is 12.9. The van der Waals surface area contributed by atoms with Gasteiger partial charge in [0.05, 0.1) is 11.8 Å². The van der Waals surface area contributed by atoms with Crippen LogP contribution in [-0.4, -0.2) is 44.9 Å². The Morgan fingerprint density at radius 3 is 2.84 bits per heavy atom. The van der Waals surface area contributed by atoms with Gasteiger partial charge in [0.2, 0.25) is 5.91 Å². The number of rotatable bonds is 6. The lowest BCUT2D eigenvalue weighted by Gasteiger charge is -2.26. The maximum Gasteiger partial charge on any atom is 0.244 e. The van der Waals surface area contributed by atoms with Crippen LogP contribution in [-0.2, 0) is 22.6 Å². The zero-order chi connectivity index (χ0) is 17.8. The van der Waals surface area contributed by atoms with Crippen LogP contribution in [0.3, 0.4) is 0 Å². The van der Waals surface area contributed by atoms with Gasteiger partial charge in [-0.2, -0.15) is 5.10 Å². The summed E-state index contributed by atoms with van der Waals surface area (Å²) in [5, 5.41) is 14.4. The summed E-state index contributed by atoms with van der Waals surface area (Å²) in [6.45, 7) is 5.71. The molecule has 0 radical (unpaired) electrons. The maximum atomic E-state index is 12.9. The zero-order valence-corrected chi connectivity index (χ0v) is 14.8. The Kier molecular flexibility index (Phi) is 5.38. The van der Waals surface area contributed by atoms with E-state index in [1.54, 1.807) is 21.7 Å². The van der Waals surface area contributed by atoms with E-state index in [4.69, 9.17) is 4.74 Å². The molecule has 25 heavy (non-hydrogen) atoms. The Morgan fingerprint density at radius 1 is 1.40 bits per heavy atom. The van der Waals surface area contributed by atoms with Crippen molar-refractivity contribution in [1.82, 2.24) is 14.7 Å². The number of hydrogen-bond acceptors (Lipinski definition) is 4. The van der Waals surface area contributed by atoms with Gasteiger partial charge in [-0.15, -0.1) is 0 Å². The van der Waals surface area contributed by atoms with Crippen molar-refractivity contribution in [3.8, 4) is 5.75 Å². The highest BCUT2D eigenvalue weighted by Crippen LogP contribution is 2.20. The molecule has 1 saturated heterocycles. The van der Waals surface area contributed by atoms with E-state index in [2.05, 4.69) is 5.10 Å². The topological polar surface area (TPSA) is 67.6 Å². The van der Waals surface area contributed by atoms with Gasteiger partial charge in [0.25, 0.3) is 0 Å². The van der Waals surface area contributed by atoms with Crippen molar-refractivity contribution >= 4 is 5.91 Å². The first kappa shape index (κ1) is 17.5. The van der Waals surface area contributed by atoms with Gasteiger partial charge >= 0.3 is 0 Å². The lowest BCUT2D eigenvalue weighted by Crippen LogP contribution is -2.39. The van der Waals surface area contributed by atoms with Crippen LogP contribution in [0.15, 0.2) is 30.3 Å². The first-order valence-corrected chi connectivity index (χ1v) is 8.70. The summed E-state index contributed by atoms with van der Waals surface area (Å²) in [5.41, 5.74) is 2.60. The molecule has 1 aromatic heterocycles. The summed E-state index contributed by atoms with van der Waals surface area (Å²) in [7, 11) is 0. The third-order valence-electron chi connectivity index (χ3n) is 4.54. The van der Waals surface area contributed by atoms with Crippen molar-refractivity contribution in [2.24, 2.45) is 0 Å². The number of aromatic hydroxyl groups is 1. The van der Waals surface area contributed by atoms with E-state index in [0.717, 1.165) is 36.4 Å². The SMILES string of the molecule is Cc1cc(C)n(CC(=O)N(Cc2ccccc2O)C[C@H]2CCCO2)n1. The van der Waals surface area contributed by atoms with Crippen LogP contribution >= 0.6 is 0 Å². The highest BCUT2D eigenvalue weighted by atomic mass is 16.5. The first-order valence-electron chi connectivity index (χ1n) is 8.70. The second-order valence-corrected chi connectivity index (χ2v) is 6.62. The minimum atomic E-state index is -0.0232. The number of amides is 1. The van der Waals surface area contributed by atoms with E-state index in [-0.39, 0.29) is 24.3 Å². The highest BCUT2D eigenvalue weighted by Gasteiger charge is 2.24. The van der Waals surface area contributed by atoms with Crippen molar-refractivity contribution in [1.29, 1.82) is 0 Å². The molecule has 0 aliphatic carbocycles. The molecule has 2 aromatic rings. The Balaban J connectivity index is 1.75. The number of carbonyl (C=O) groups is 1. The molecule has 134 valence electrons. The largest absolute Gasteiger partial charge is 0.508 e. The van der Waals surface area contributed by atoms with Crippen molar-refractivity contribution in [2.75, 3.05) is 13.2 Å². The van der Waals surface area contributed by atoms with E-state index in [1.807, 2.05) is 32.0 Å². The Bertz CT molecular complexity index is 735. The van der Waals surface area contributed by atoms with E-state index in [1.165, 1.54) is 0 Å². The smallest absolute Gasteiger partial charge is 0.244 e. The summed E-state index contributed by atoms with van der Waals surface area (Å²) in [6, 6.07) is 9.09. The van der Waals surface area contributed by atoms with Crippen LogP contribution < -0.4 is 0 Å². The van der Waals surface area contributed by atoms with Crippen molar-refractivity contribution < 1.29 is 14.6 Å². The van der Waals surface area contributed by atoms with Crippen LogP contribution in [0.25, 0.3) is 0 Å². The summed E-state index contributed by atoms with van der Waals surface area (Å²) in [6.07, 6.45) is 2.06. The van der Waals surface area contributed by atoms with Gasteiger partial charge in [0.15, 0.2) is 0 Å². The molecule has 0 bridgehead atoms. The fourth-order valence-electron chi connectivity index (χ4n) is 3.20. The van der Waals surface area contributed by atoms with E-state index >= 15 is 0 Å². The molecule has 0 spiro atoms. The lowest BCUT2D eigenvalue weighted by atomic mass is 10.1. The number of aryl methyl sites for hydroxylation is 2. The molecule has 1 aromatic carbocycles. The van der Waals surface area contributed by atoms with Gasteiger partial charge in [-0.1, -0.05) is 18.2 Å². The average Bonchev–Trinajstić information content (AvgIpc) is 3.18. The van der Waals surface area contributed by atoms with E-state index in [0.29, 0.717) is 13.1 Å². The molecule has 1 N–H and O–H groups in total. The molecule has 2 heterocycles. The summed E-state index contributed by atoms with van der Waals surface area (Å²) in [4.78, 5) is 14.7. The van der Waals surface area contributed by atoms with Crippen LogP contribution in [0.1, 0.15) is 29.8 Å². The summed E-state index contributed by atoms with van der Waals surface area (Å²) in [5.74, 6) is 0.184. The number of ether oxygens (including phenoxy) is 1. The predicted molar refractivity (Wildman–Crippen MR) is 94.2 cm³/mol. The number of para-hydroxylation sites is 1. The summed E-state index contributed by atoms with van der Waals surface area (Å²) < 4.78 is 7.43. The van der Waals surface area contributed by atoms with Crippen LogP contribution in [0.4, 0.5) is 0 Å². The molecule has 1 aliphatic rings. The molecule has 1 fully saturated rings. The molecule has 0 unspecified atom stereocenters. The molecule has 6 nitrogen and oxygen atoms in total. The monoisotopic (exact) mass is 343 g/mol. The van der Waals surface area contributed by atoms with Gasteiger partial charge in [-0.25, -0.2) is 0 Å². The standard InChI is InChI=1S/C19H25N3O3/c1-14-10-15(2)22(20-14)13-19(24)21(12-17-7-5-9-25-17)11-16-6-3-4-8-18(16)23/h3-4,6,8,10,17,23H,5,7,9,11-13H2,1-2H3/t17-/m1/s1. The minimum Gasteiger partial charge on any atom is -0.508 e. The molecule has 6 heteroatoms. The predicted octanol–water partition coefficient (Wildman–Crippen LogP) is 2.41. The second kappa shape index (κ2) is 7.70. The van der Waals surface area contributed by atoms with Gasteiger partial charge in [-0.3, -0.25) is 9.48 Å². The number of aromatic nitrogens is 2. The number of hydrogen-bond donors (Lipinski definition) is 1. The number of nitrogens with zero attached hydrogens (tertiary/aromatic N) is 3. The van der Waals surface area contributed by atoms with Gasteiger partial charge in [-0.05, 0) is 38.8 Å². The number of benzene rings is 1. The molecule has 3 rings (SSSR count). The van der Waals surface area contributed by atoms with Gasteiger partial charge in [0, 0.05) is 31.0 Å². The van der Waals surface area contributed by atoms with Crippen LogP contribution in [0.2, 0.25) is 0 Å². The highest BCUT2D eigenvalue weighted by molar-refractivity contribution is 5.76. The zero-order valence-electron chi connectivity index (χ0n) is 14.8. The second-order valence-electron chi connectivity index (χ2n) is 6.62. The van der Waals surface area contributed by atoms with Crippen molar-refractivity contribution in [2.45, 2.75) is 45.9 Å². The van der Waals surface area contributed by atoms with E-state index < -0.39 is 0 Å². The number of carbonyl (C=O) groups excluding carboxylic acids is 1. The Hall–Kier alpha value is -2.34. The average molecular weight is 343 g/mol. The molecule has 0 saturated carbocycles. The third kappa shape index (κ3) is 4.39. The molecule has 1 amide bonds. The van der Waals surface area contributed by atoms with Crippen molar-refractivity contribution in [3.05, 3.63) is 47.3 Å². The van der Waals surface area contributed by atoms with Crippen LogP contribution in [0, 0.1) is 13.8 Å². The molecular formula is C19H25N3O3.